The Hall–Kier alpha value is -2.38. The highest BCUT2D eigenvalue weighted by Crippen LogP contribution is 2.27. The number of amides is 1. The summed E-state index contributed by atoms with van der Waals surface area (Å²) in [4.78, 5) is 12.9. The first-order valence-electron chi connectivity index (χ1n) is 11.4. The maximum atomic E-state index is 13.0. The molecule has 0 aliphatic carbocycles. The Morgan fingerprint density at radius 2 is 1.78 bits per heavy atom. The number of nitrogens with zero attached hydrogens (tertiary/aromatic N) is 1. The van der Waals surface area contributed by atoms with Crippen LogP contribution < -0.4 is 10.1 Å². The highest BCUT2D eigenvalue weighted by Gasteiger charge is 2.26. The Morgan fingerprint density at radius 1 is 1.09 bits per heavy atom. The van der Waals surface area contributed by atoms with Crippen LogP contribution in [0, 0.1) is 6.92 Å². The van der Waals surface area contributed by atoms with E-state index >= 15 is 0 Å². The van der Waals surface area contributed by atoms with Crippen LogP contribution in [0.4, 0.5) is 0 Å². The highest BCUT2D eigenvalue weighted by molar-refractivity contribution is 7.89. The number of piperidine rings is 1. The molecule has 0 saturated carbocycles. The van der Waals surface area contributed by atoms with Gasteiger partial charge < -0.3 is 10.1 Å². The highest BCUT2D eigenvalue weighted by atomic mass is 32.2. The number of hydrogen-bond donors (Lipinski definition) is 1. The third-order valence-corrected chi connectivity index (χ3v) is 7.94. The summed E-state index contributed by atoms with van der Waals surface area (Å²) in [6.07, 6.45) is 4.30. The quantitative estimate of drug-likeness (QED) is 0.605. The molecule has 2 aromatic carbocycles. The Bertz CT molecular complexity index is 1010. The van der Waals surface area contributed by atoms with E-state index in [0.29, 0.717) is 25.3 Å². The van der Waals surface area contributed by atoms with E-state index in [2.05, 4.69) is 5.32 Å². The van der Waals surface area contributed by atoms with Crippen molar-refractivity contribution in [3.05, 3.63) is 59.2 Å². The molecule has 1 aliphatic heterocycles. The minimum atomic E-state index is -3.53. The van der Waals surface area contributed by atoms with E-state index in [4.69, 9.17) is 4.74 Å². The van der Waals surface area contributed by atoms with Gasteiger partial charge in [-0.25, -0.2) is 8.42 Å². The summed E-state index contributed by atoms with van der Waals surface area (Å²) in [6, 6.07) is 13.1. The summed E-state index contributed by atoms with van der Waals surface area (Å²) in [7, 11) is -1.98. The van der Waals surface area contributed by atoms with Gasteiger partial charge in [-0.3, -0.25) is 4.79 Å². The van der Waals surface area contributed by atoms with Crippen molar-refractivity contribution in [2.45, 2.75) is 63.3 Å². The topological polar surface area (TPSA) is 75.7 Å². The number of carbonyl (C=O) groups excluding carboxylic acids is 1. The summed E-state index contributed by atoms with van der Waals surface area (Å²) in [5.41, 5.74) is 2.99. The molecule has 1 atom stereocenters. The van der Waals surface area contributed by atoms with Crippen LogP contribution in [0.15, 0.2) is 47.4 Å². The minimum Gasteiger partial charge on any atom is -0.496 e. The van der Waals surface area contributed by atoms with Gasteiger partial charge in [0, 0.05) is 19.5 Å². The molecule has 0 unspecified atom stereocenters. The molecule has 0 bridgehead atoms. The van der Waals surface area contributed by atoms with Gasteiger partial charge in [-0.2, -0.15) is 4.31 Å². The number of methoxy groups -OCH3 is 1. The Kier molecular flexibility index (Phi) is 8.32. The van der Waals surface area contributed by atoms with Crippen LogP contribution in [-0.2, 0) is 21.2 Å². The van der Waals surface area contributed by atoms with Gasteiger partial charge >= 0.3 is 0 Å². The van der Waals surface area contributed by atoms with E-state index in [1.165, 1.54) is 5.56 Å². The van der Waals surface area contributed by atoms with Crippen molar-refractivity contribution in [2.24, 2.45) is 0 Å². The minimum absolute atomic E-state index is 0.0455. The molecule has 1 N–H and O–H groups in total. The van der Waals surface area contributed by atoms with E-state index in [1.807, 2.05) is 38.1 Å². The lowest BCUT2D eigenvalue weighted by Gasteiger charge is -2.26. The summed E-state index contributed by atoms with van der Waals surface area (Å²) < 4.78 is 33.1. The van der Waals surface area contributed by atoms with Gasteiger partial charge in [0.05, 0.1) is 18.0 Å². The SMILES string of the molecule is CC[C@@H](NC(=O)CCc1cc(S(=O)(=O)N2CCCCC2)ccc1OC)c1ccc(C)cc1. The molecule has 3 rings (SSSR count). The number of carbonyl (C=O) groups is 1. The number of hydrogen-bond acceptors (Lipinski definition) is 4. The van der Waals surface area contributed by atoms with E-state index in [9.17, 15) is 13.2 Å². The first kappa shape index (κ1) is 24.3. The number of aryl methyl sites for hydroxylation is 2. The Labute approximate surface area is 192 Å². The predicted molar refractivity (Wildman–Crippen MR) is 126 cm³/mol. The average molecular weight is 459 g/mol. The fourth-order valence-corrected chi connectivity index (χ4v) is 5.67. The standard InChI is InChI=1S/C25H34N2O4S/c1-4-23(20-10-8-19(2)9-11-20)26-25(28)15-12-21-18-22(13-14-24(21)31-3)32(29,30)27-16-6-5-7-17-27/h8-11,13-14,18,23H,4-7,12,15-17H2,1-3H3,(H,26,28)/t23-/m1/s1. The average Bonchev–Trinajstić information content (AvgIpc) is 2.82. The zero-order valence-corrected chi connectivity index (χ0v) is 20.1. The van der Waals surface area contributed by atoms with E-state index in [0.717, 1.165) is 36.8 Å². The second kappa shape index (κ2) is 11.0. The van der Waals surface area contributed by atoms with Crippen molar-refractivity contribution in [3.63, 3.8) is 0 Å². The van der Waals surface area contributed by atoms with Gasteiger partial charge in [-0.1, -0.05) is 43.2 Å². The van der Waals surface area contributed by atoms with Gasteiger partial charge in [-0.15, -0.1) is 0 Å². The first-order valence-corrected chi connectivity index (χ1v) is 12.8. The van der Waals surface area contributed by atoms with Crippen LogP contribution in [0.5, 0.6) is 5.75 Å². The van der Waals surface area contributed by atoms with Crippen molar-refractivity contribution < 1.29 is 17.9 Å². The molecule has 0 spiro atoms. The summed E-state index contributed by atoms with van der Waals surface area (Å²) in [6.45, 7) is 5.20. The van der Waals surface area contributed by atoms with Crippen LogP contribution in [0.3, 0.4) is 0 Å². The monoisotopic (exact) mass is 458 g/mol. The van der Waals surface area contributed by atoms with E-state index in [-0.39, 0.29) is 23.3 Å². The van der Waals surface area contributed by atoms with Gasteiger partial charge in [0.25, 0.3) is 0 Å². The fraction of sp³-hybridized carbons (Fsp3) is 0.480. The smallest absolute Gasteiger partial charge is 0.243 e. The number of rotatable bonds is 9. The van der Waals surface area contributed by atoms with Gasteiger partial charge in [0.2, 0.25) is 15.9 Å². The lowest BCUT2D eigenvalue weighted by molar-refractivity contribution is -0.121. The molecule has 174 valence electrons. The van der Waals surface area contributed by atoms with Gasteiger partial charge in [0.15, 0.2) is 0 Å². The first-order chi connectivity index (χ1) is 15.3. The number of nitrogens with one attached hydrogen (secondary N) is 1. The molecule has 2 aromatic rings. The molecular weight excluding hydrogens is 424 g/mol. The zero-order valence-electron chi connectivity index (χ0n) is 19.3. The van der Waals surface area contributed by atoms with Gasteiger partial charge in [0.1, 0.15) is 5.75 Å². The van der Waals surface area contributed by atoms with Gasteiger partial charge in [-0.05, 0) is 61.9 Å². The summed E-state index contributed by atoms with van der Waals surface area (Å²) in [5, 5.41) is 3.10. The van der Waals surface area contributed by atoms with Crippen LogP contribution in [-0.4, -0.2) is 38.8 Å². The second-order valence-corrected chi connectivity index (χ2v) is 10.3. The van der Waals surface area contributed by atoms with Crippen molar-refractivity contribution in [3.8, 4) is 5.75 Å². The lowest BCUT2D eigenvalue weighted by atomic mass is 10.0. The summed E-state index contributed by atoms with van der Waals surface area (Å²) >= 11 is 0. The van der Waals surface area contributed by atoms with Crippen LogP contribution in [0.1, 0.15) is 61.8 Å². The maximum absolute atomic E-state index is 13.0. The fourth-order valence-electron chi connectivity index (χ4n) is 4.10. The molecule has 1 heterocycles. The predicted octanol–water partition coefficient (Wildman–Crippen LogP) is 4.38. The molecule has 6 nitrogen and oxygen atoms in total. The number of benzene rings is 2. The normalized spacial score (nSPS) is 15.8. The van der Waals surface area contributed by atoms with Crippen molar-refractivity contribution in [1.82, 2.24) is 9.62 Å². The van der Waals surface area contributed by atoms with E-state index in [1.54, 1.807) is 29.6 Å². The molecule has 1 amide bonds. The lowest BCUT2D eigenvalue weighted by Crippen LogP contribution is -2.35. The third kappa shape index (κ3) is 5.90. The van der Waals surface area contributed by atoms with E-state index < -0.39 is 10.0 Å². The molecule has 1 saturated heterocycles. The van der Waals surface area contributed by atoms with Crippen molar-refractivity contribution in [1.29, 1.82) is 0 Å². The van der Waals surface area contributed by atoms with Crippen molar-refractivity contribution >= 4 is 15.9 Å². The molecule has 0 aromatic heterocycles. The Morgan fingerprint density at radius 3 is 2.41 bits per heavy atom. The number of sulfonamides is 1. The number of ether oxygens (including phenoxy) is 1. The molecule has 7 heteroatoms. The third-order valence-electron chi connectivity index (χ3n) is 6.05. The van der Waals surface area contributed by atoms with Crippen LogP contribution >= 0.6 is 0 Å². The van der Waals surface area contributed by atoms with Crippen LogP contribution in [0.25, 0.3) is 0 Å². The molecule has 32 heavy (non-hydrogen) atoms. The van der Waals surface area contributed by atoms with Crippen LogP contribution in [0.2, 0.25) is 0 Å². The largest absolute Gasteiger partial charge is 0.496 e. The zero-order chi connectivity index (χ0) is 23.1. The molecule has 1 aliphatic rings. The van der Waals surface area contributed by atoms with Crippen molar-refractivity contribution in [2.75, 3.05) is 20.2 Å². The molecular formula is C25H34N2O4S. The maximum Gasteiger partial charge on any atom is 0.243 e. The Balaban J connectivity index is 1.70. The second-order valence-electron chi connectivity index (χ2n) is 8.38. The molecule has 0 radical (unpaired) electrons. The summed E-state index contributed by atoms with van der Waals surface area (Å²) in [5.74, 6) is 0.532. The molecule has 1 fully saturated rings.